The van der Waals surface area contributed by atoms with Gasteiger partial charge >= 0.3 is 0 Å². The number of carbonyl (C=O) groups excluding carboxylic acids is 1. The summed E-state index contributed by atoms with van der Waals surface area (Å²) in [6.45, 7) is 1.33. The van der Waals surface area contributed by atoms with Gasteiger partial charge in [-0.25, -0.2) is 13.8 Å². The number of ether oxygens (including phenoxy) is 1. The molecule has 0 bridgehead atoms. The Morgan fingerprint density at radius 3 is 2.71 bits per heavy atom. The summed E-state index contributed by atoms with van der Waals surface area (Å²) in [6, 6.07) is 11.6. The molecule has 3 aromatic rings. The molecule has 1 atom stereocenters. The summed E-state index contributed by atoms with van der Waals surface area (Å²) in [5.41, 5.74) is 1.43. The molecule has 6 nitrogen and oxygen atoms in total. The summed E-state index contributed by atoms with van der Waals surface area (Å²) in [5.74, 6) is -2.49. The molecule has 186 valence electrons. The van der Waals surface area contributed by atoms with E-state index in [0.29, 0.717) is 22.3 Å². The maximum Gasteiger partial charge on any atom is 0.229 e. The predicted octanol–water partition coefficient (Wildman–Crippen LogP) is 5.67. The average Bonchev–Trinajstić information content (AvgIpc) is 2.86. The van der Waals surface area contributed by atoms with Gasteiger partial charge in [0.25, 0.3) is 0 Å². The van der Waals surface area contributed by atoms with Gasteiger partial charge in [-0.15, -0.1) is 0 Å². The number of halogens is 4. The van der Waals surface area contributed by atoms with Crippen molar-refractivity contribution in [3.63, 3.8) is 0 Å². The summed E-state index contributed by atoms with van der Waals surface area (Å²) in [5, 5.41) is 9.41. The van der Waals surface area contributed by atoms with Crippen LogP contribution in [-0.4, -0.2) is 31.1 Å². The number of piperidine rings is 1. The number of nitrogens with two attached hydrogens (primary N) is 1. The Hall–Kier alpha value is -2.95. The van der Waals surface area contributed by atoms with Gasteiger partial charge in [0.2, 0.25) is 11.7 Å². The lowest BCUT2D eigenvalue weighted by atomic mass is 9.96. The Bertz CT molecular complexity index is 1170. The van der Waals surface area contributed by atoms with Gasteiger partial charge in [-0.1, -0.05) is 17.7 Å². The normalized spacial score (nSPS) is 15.1. The van der Waals surface area contributed by atoms with Gasteiger partial charge in [0.15, 0.2) is 11.6 Å². The number of hydrogen-bond donors (Lipinski definition) is 2. The number of aromatic nitrogens is 1. The Morgan fingerprint density at radius 1 is 1.23 bits per heavy atom. The third-order valence-electron chi connectivity index (χ3n) is 5.30. The summed E-state index contributed by atoms with van der Waals surface area (Å²) in [7, 11) is 1.29. The van der Waals surface area contributed by atoms with E-state index < -0.39 is 11.6 Å². The number of benzene rings is 2. The summed E-state index contributed by atoms with van der Waals surface area (Å²) < 4.78 is 42.6. The lowest BCUT2D eigenvalue weighted by molar-refractivity contribution is -0.120. The predicted molar refractivity (Wildman–Crippen MR) is 132 cm³/mol. The molecule has 1 amide bonds. The molecule has 0 saturated carbocycles. The van der Waals surface area contributed by atoms with Gasteiger partial charge in [-0.3, -0.25) is 9.93 Å². The van der Waals surface area contributed by atoms with Gasteiger partial charge in [0.1, 0.15) is 10.8 Å². The Morgan fingerprint density at radius 2 is 2.03 bits per heavy atom. The molecule has 4 rings (SSSR count). The maximum absolute atomic E-state index is 13.2. The average molecular weight is 525 g/mol. The number of carbonyl (C=O) groups is 1. The second-order valence-electron chi connectivity index (χ2n) is 7.63. The number of pyridine rings is 1. The van der Waals surface area contributed by atoms with Gasteiger partial charge in [0, 0.05) is 25.0 Å². The van der Waals surface area contributed by atoms with Crippen molar-refractivity contribution >= 4 is 40.8 Å². The minimum absolute atomic E-state index is 0.0536. The van der Waals surface area contributed by atoms with Crippen molar-refractivity contribution in [1.29, 1.82) is 0 Å². The molecule has 0 aliphatic carbocycles. The lowest BCUT2D eigenvalue weighted by Crippen LogP contribution is -2.40. The van der Waals surface area contributed by atoms with Crippen LogP contribution in [-0.2, 0) is 4.79 Å². The quantitative estimate of drug-likeness (QED) is 0.419. The number of methoxy groups -OCH3 is 1. The van der Waals surface area contributed by atoms with Crippen LogP contribution in [0.4, 0.5) is 24.5 Å². The number of amides is 1. The summed E-state index contributed by atoms with van der Waals surface area (Å²) in [6.07, 6.45) is 3.27. The van der Waals surface area contributed by atoms with Gasteiger partial charge < -0.3 is 15.0 Å². The summed E-state index contributed by atoms with van der Waals surface area (Å²) in [4.78, 5) is 18.7. The van der Waals surface area contributed by atoms with Gasteiger partial charge in [-0.2, -0.15) is 4.39 Å². The molecule has 3 N–H and O–H groups in total. The van der Waals surface area contributed by atoms with E-state index in [1.54, 1.807) is 24.4 Å². The molecule has 1 unspecified atom stereocenters. The first-order valence-electron chi connectivity index (χ1n) is 10.6. The zero-order chi connectivity index (χ0) is 25.4. The summed E-state index contributed by atoms with van der Waals surface area (Å²) >= 11 is 7.18. The Labute approximate surface area is 210 Å². The molecule has 1 aliphatic heterocycles. The molecule has 2 aromatic carbocycles. The molecule has 1 saturated heterocycles. The smallest absolute Gasteiger partial charge is 0.229 e. The van der Waals surface area contributed by atoms with Crippen molar-refractivity contribution in [3.05, 3.63) is 77.2 Å². The van der Waals surface area contributed by atoms with Crippen LogP contribution in [0, 0.1) is 23.4 Å². The molecule has 11 heteroatoms. The van der Waals surface area contributed by atoms with Crippen LogP contribution in [0.3, 0.4) is 0 Å². The zero-order valence-corrected chi connectivity index (χ0v) is 20.4. The molecular formula is C24H24ClF3N4O2S. The molecule has 2 heterocycles. The van der Waals surface area contributed by atoms with Crippen LogP contribution in [0.1, 0.15) is 12.8 Å². The van der Waals surface area contributed by atoms with Crippen LogP contribution in [0.15, 0.2) is 59.8 Å². The third-order valence-corrected chi connectivity index (χ3v) is 6.07. The molecule has 1 fully saturated rings. The standard InChI is InChI=1S/C17H18ClFN4OS.C7H6F2O/c18-14-8-12(19)3-4-15(14)23-7-1-2-11(10-23)17(24)22-13-5-6-21-16(9-13)25-20;1-10-6-4-2-3-5(8)7(6)9/h3-6,8-9,11H,1-2,7,10,20H2,(H,21,22,24);2-4H,1H3. The first kappa shape index (κ1) is 26.7. The van der Waals surface area contributed by atoms with Crippen molar-refractivity contribution < 1.29 is 22.7 Å². The first-order valence-corrected chi connectivity index (χ1v) is 11.9. The van der Waals surface area contributed by atoms with Gasteiger partial charge in [-0.05, 0) is 67.3 Å². The van der Waals surface area contributed by atoms with Crippen molar-refractivity contribution in [2.75, 3.05) is 30.4 Å². The molecule has 1 aromatic heterocycles. The highest BCUT2D eigenvalue weighted by atomic mass is 35.5. The molecule has 35 heavy (non-hydrogen) atoms. The van der Waals surface area contributed by atoms with Crippen molar-refractivity contribution in [3.8, 4) is 5.75 Å². The molecule has 1 aliphatic rings. The fourth-order valence-electron chi connectivity index (χ4n) is 3.59. The van der Waals surface area contributed by atoms with E-state index in [0.717, 1.165) is 43.1 Å². The van der Waals surface area contributed by atoms with E-state index in [2.05, 4.69) is 15.0 Å². The number of nitrogens with zero attached hydrogens (tertiary/aromatic N) is 2. The van der Waals surface area contributed by atoms with E-state index in [1.165, 1.54) is 31.4 Å². The lowest BCUT2D eigenvalue weighted by Gasteiger charge is -2.34. The molecule has 0 radical (unpaired) electrons. The van der Waals surface area contributed by atoms with E-state index in [9.17, 15) is 18.0 Å². The largest absolute Gasteiger partial charge is 0.494 e. The van der Waals surface area contributed by atoms with Crippen LogP contribution in [0.5, 0.6) is 5.75 Å². The fourth-order valence-corrected chi connectivity index (χ4v) is 4.19. The van der Waals surface area contributed by atoms with E-state index in [1.807, 2.05) is 4.90 Å². The number of nitrogens with one attached hydrogen (secondary N) is 1. The van der Waals surface area contributed by atoms with Crippen LogP contribution < -0.4 is 20.1 Å². The SMILES string of the molecule is COc1cccc(F)c1F.NSc1cc(NC(=O)C2CCCN(c3ccc(F)cc3Cl)C2)ccn1. The Kier molecular flexibility index (Phi) is 9.64. The highest BCUT2D eigenvalue weighted by Gasteiger charge is 2.27. The highest BCUT2D eigenvalue weighted by Crippen LogP contribution is 2.31. The third kappa shape index (κ3) is 7.27. The van der Waals surface area contributed by atoms with Crippen LogP contribution in [0.25, 0.3) is 0 Å². The number of rotatable bonds is 5. The van der Waals surface area contributed by atoms with Gasteiger partial charge in [0.05, 0.1) is 23.7 Å². The minimum atomic E-state index is -0.940. The van der Waals surface area contributed by atoms with Crippen molar-refractivity contribution in [1.82, 2.24) is 4.98 Å². The molecular weight excluding hydrogens is 501 g/mol. The second kappa shape index (κ2) is 12.7. The zero-order valence-electron chi connectivity index (χ0n) is 18.8. The van der Waals surface area contributed by atoms with E-state index in [4.69, 9.17) is 16.7 Å². The van der Waals surface area contributed by atoms with Crippen LogP contribution >= 0.6 is 23.5 Å². The second-order valence-corrected chi connectivity index (χ2v) is 8.69. The van der Waals surface area contributed by atoms with Crippen molar-refractivity contribution in [2.45, 2.75) is 17.9 Å². The number of hydrogen-bond acceptors (Lipinski definition) is 6. The van der Waals surface area contributed by atoms with E-state index >= 15 is 0 Å². The monoisotopic (exact) mass is 524 g/mol. The van der Waals surface area contributed by atoms with Crippen LogP contribution in [0.2, 0.25) is 5.02 Å². The first-order chi connectivity index (χ1) is 16.8. The topological polar surface area (TPSA) is 80.5 Å². The highest BCUT2D eigenvalue weighted by molar-refractivity contribution is 7.97. The Balaban J connectivity index is 0.000000287. The maximum atomic E-state index is 13.2. The number of anilines is 2. The molecule has 0 spiro atoms. The van der Waals surface area contributed by atoms with E-state index in [-0.39, 0.29) is 23.4 Å². The fraction of sp³-hybridized carbons (Fsp3) is 0.250. The van der Waals surface area contributed by atoms with Crippen molar-refractivity contribution in [2.24, 2.45) is 11.1 Å². The minimum Gasteiger partial charge on any atom is -0.494 e.